The van der Waals surface area contributed by atoms with E-state index in [0.717, 1.165) is 0 Å². The van der Waals surface area contributed by atoms with Crippen LogP contribution < -0.4 is 5.32 Å². The van der Waals surface area contributed by atoms with Crippen LogP contribution in [0.4, 0.5) is 5.69 Å². The van der Waals surface area contributed by atoms with E-state index in [1.165, 1.54) is 30.6 Å². The average molecular weight is 230 g/mol. The molecule has 1 heterocycles. The van der Waals surface area contributed by atoms with Crippen LogP contribution in [0.2, 0.25) is 0 Å². The fraction of sp³-hybridized carbons (Fsp3) is 0. The number of benzene rings is 1. The number of anilines is 1. The summed E-state index contributed by atoms with van der Waals surface area (Å²) in [5, 5.41) is 21.4. The Morgan fingerprint density at radius 3 is 2.53 bits per heavy atom. The Hall–Kier alpha value is -2.56. The quantitative estimate of drug-likeness (QED) is 0.686. The molecule has 1 aromatic heterocycles. The second-order valence-electron chi connectivity index (χ2n) is 3.36. The Labute approximate surface area is 97.4 Å². The highest BCUT2D eigenvalue weighted by atomic mass is 16.3. The molecule has 3 N–H and O–H groups in total. The monoisotopic (exact) mass is 230 g/mol. The van der Waals surface area contributed by atoms with Crippen molar-refractivity contribution in [1.29, 1.82) is 0 Å². The number of aromatic hydroxyl groups is 2. The number of pyridine rings is 1. The van der Waals surface area contributed by atoms with Gasteiger partial charge in [0.05, 0.1) is 5.56 Å². The van der Waals surface area contributed by atoms with Gasteiger partial charge in [-0.05, 0) is 24.3 Å². The van der Waals surface area contributed by atoms with Crippen LogP contribution in [-0.4, -0.2) is 21.1 Å². The molecule has 5 nitrogen and oxygen atoms in total. The first-order valence-corrected chi connectivity index (χ1v) is 4.91. The van der Waals surface area contributed by atoms with Crippen molar-refractivity contribution in [2.24, 2.45) is 0 Å². The third-order valence-corrected chi connectivity index (χ3v) is 2.20. The Morgan fingerprint density at radius 2 is 1.82 bits per heavy atom. The summed E-state index contributed by atoms with van der Waals surface area (Å²) in [4.78, 5) is 15.6. The molecule has 0 bridgehead atoms. The highest BCUT2D eigenvalue weighted by molar-refractivity contribution is 6.06. The van der Waals surface area contributed by atoms with Gasteiger partial charge < -0.3 is 15.5 Å². The standard InChI is InChI=1S/C12H10N2O3/c15-10-3-1-2-9(11(10)16)12(17)14-8-4-6-13-7-5-8/h1-7,15-16H,(H,13,14,17). The number of phenolic OH excluding ortho intramolecular Hbond substituents is 2. The zero-order valence-corrected chi connectivity index (χ0v) is 8.79. The van der Waals surface area contributed by atoms with Gasteiger partial charge in [-0.1, -0.05) is 6.07 Å². The summed E-state index contributed by atoms with van der Waals surface area (Å²) in [6.45, 7) is 0. The highest BCUT2D eigenvalue weighted by Crippen LogP contribution is 2.28. The van der Waals surface area contributed by atoms with Crippen LogP contribution in [0, 0.1) is 0 Å². The van der Waals surface area contributed by atoms with E-state index in [0.29, 0.717) is 5.69 Å². The Kier molecular flexibility index (Phi) is 2.91. The number of rotatable bonds is 2. The van der Waals surface area contributed by atoms with Gasteiger partial charge in [-0.2, -0.15) is 0 Å². The van der Waals surface area contributed by atoms with E-state index in [2.05, 4.69) is 10.3 Å². The highest BCUT2D eigenvalue weighted by Gasteiger charge is 2.13. The van der Waals surface area contributed by atoms with Crippen molar-refractivity contribution in [3.63, 3.8) is 0 Å². The number of aromatic nitrogens is 1. The smallest absolute Gasteiger partial charge is 0.259 e. The Morgan fingerprint density at radius 1 is 1.12 bits per heavy atom. The minimum absolute atomic E-state index is 0.0156. The van der Waals surface area contributed by atoms with E-state index in [4.69, 9.17) is 0 Å². The van der Waals surface area contributed by atoms with Gasteiger partial charge in [-0.25, -0.2) is 0 Å². The fourth-order valence-electron chi connectivity index (χ4n) is 1.35. The first-order valence-electron chi connectivity index (χ1n) is 4.91. The summed E-state index contributed by atoms with van der Waals surface area (Å²) in [7, 11) is 0. The normalized spacial score (nSPS) is 9.88. The van der Waals surface area contributed by atoms with Crippen LogP contribution in [0.5, 0.6) is 11.5 Å². The van der Waals surface area contributed by atoms with Crippen molar-refractivity contribution < 1.29 is 15.0 Å². The molecule has 0 unspecified atom stereocenters. The van der Waals surface area contributed by atoms with Crippen LogP contribution >= 0.6 is 0 Å². The Bertz CT molecular complexity index is 541. The number of para-hydroxylation sites is 1. The summed E-state index contributed by atoms with van der Waals surface area (Å²) >= 11 is 0. The largest absolute Gasteiger partial charge is 0.504 e. The molecule has 0 spiro atoms. The minimum atomic E-state index is -0.496. The van der Waals surface area contributed by atoms with Crippen LogP contribution in [0.3, 0.4) is 0 Å². The van der Waals surface area contributed by atoms with Crippen molar-refractivity contribution >= 4 is 11.6 Å². The third kappa shape index (κ3) is 2.34. The molecular formula is C12H10N2O3. The van der Waals surface area contributed by atoms with Gasteiger partial charge in [0.15, 0.2) is 11.5 Å². The van der Waals surface area contributed by atoms with Crippen molar-refractivity contribution in [2.45, 2.75) is 0 Å². The van der Waals surface area contributed by atoms with Gasteiger partial charge >= 0.3 is 0 Å². The topological polar surface area (TPSA) is 82.5 Å². The molecule has 17 heavy (non-hydrogen) atoms. The van der Waals surface area contributed by atoms with Crippen LogP contribution in [0.15, 0.2) is 42.7 Å². The lowest BCUT2D eigenvalue weighted by Gasteiger charge is -2.07. The molecule has 5 heteroatoms. The molecule has 86 valence electrons. The SMILES string of the molecule is O=C(Nc1ccncc1)c1cccc(O)c1O. The van der Waals surface area contributed by atoms with Gasteiger partial charge in [-0.15, -0.1) is 0 Å². The number of hydrogen-bond acceptors (Lipinski definition) is 4. The lowest BCUT2D eigenvalue weighted by molar-refractivity contribution is 0.102. The molecule has 0 aliphatic heterocycles. The number of carbonyl (C=O) groups excluding carboxylic acids is 1. The summed E-state index contributed by atoms with van der Waals surface area (Å²) in [5.41, 5.74) is 0.578. The maximum atomic E-state index is 11.8. The van der Waals surface area contributed by atoms with Crippen molar-refractivity contribution in [3.05, 3.63) is 48.3 Å². The van der Waals surface area contributed by atoms with E-state index in [1.54, 1.807) is 12.1 Å². The second-order valence-corrected chi connectivity index (χ2v) is 3.36. The average Bonchev–Trinajstić information content (AvgIpc) is 2.34. The summed E-state index contributed by atoms with van der Waals surface area (Å²) in [6.07, 6.45) is 3.08. The Balaban J connectivity index is 2.24. The number of nitrogens with one attached hydrogen (secondary N) is 1. The van der Waals surface area contributed by atoms with E-state index in [9.17, 15) is 15.0 Å². The molecule has 1 amide bonds. The van der Waals surface area contributed by atoms with E-state index in [1.807, 2.05) is 0 Å². The first kappa shape index (κ1) is 10.9. The molecule has 0 saturated carbocycles. The van der Waals surface area contributed by atoms with Crippen LogP contribution in [0.25, 0.3) is 0 Å². The van der Waals surface area contributed by atoms with Crippen molar-refractivity contribution in [3.8, 4) is 11.5 Å². The summed E-state index contributed by atoms with van der Waals surface area (Å²) < 4.78 is 0. The lowest BCUT2D eigenvalue weighted by atomic mass is 10.1. The summed E-state index contributed by atoms with van der Waals surface area (Å²) in [5.74, 6) is -1.25. The lowest BCUT2D eigenvalue weighted by Crippen LogP contribution is -2.11. The molecule has 0 atom stereocenters. The van der Waals surface area contributed by atoms with E-state index < -0.39 is 11.7 Å². The third-order valence-electron chi connectivity index (χ3n) is 2.20. The predicted octanol–water partition coefficient (Wildman–Crippen LogP) is 1.75. The van der Waals surface area contributed by atoms with E-state index >= 15 is 0 Å². The molecule has 1 aromatic carbocycles. The molecule has 2 rings (SSSR count). The first-order chi connectivity index (χ1) is 8.18. The fourth-order valence-corrected chi connectivity index (χ4v) is 1.35. The van der Waals surface area contributed by atoms with Crippen LogP contribution in [0.1, 0.15) is 10.4 Å². The number of hydrogen-bond donors (Lipinski definition) is 3. The number of amides is 1. The van der Waals surface area contributed by atoms with Gasteiger partial charge in [0.25, 0.3) is 5.91 Å². The maximum Gasteiger partial charge on any atom is 0.259 e. The van der Waals surface area contributed by atoms with Gasteiger partial charge in [0.1, 0.15) is 0 Å². The number of phenols is 2. The van der Waals surface area contributed by atoms with Gasteiger partial charge in [0, 0.05) is 18.1 Å². The molecule has 0 aliphatic rings. The molecule has 0 saturated heterocycles. The van der Waals surface area contributed by atoms with Crippen molar-refractivity contribution in [1.82, 2.24) is 4.98 Å². The predicted molar refractivity (Wildman–Crippen MR) is 62.0 cm³/mol. The number of nitrogens with zero attached hydrogens (tertiary/aromatic N) is 1. The maximum absolute atomic E-state index is 11.8. The molecule has 0 aliphatic carbocycles. The minimum Gasteiger partial charge on any atom is -0.504 e. The van der Waals surface area contributed by atoms with Crippen LogP contribution in [-0.2, 0) is 0 Å². The van der Waals surface area contributed by atoms with Gasteiger partial charge in [0.2, 0.25) is 0 Å². The molecule has 2 aromatic rings. The van der Waals surface area contributed by atoms with Gasteiger partial charge in [-0.3, -0.25) is 9.78 Å². The summed E-state index contributed by atoms with van der Waals surface area (Å²) in [6, 6.07) is 7.45. The number of carbonyl (C=O) groups is 1. The zero-order chi connectivity index (χ0) is 12.3. The molecular weight excluding hydrogens is 220 g/mol. The zero-order valence-electron chi connectivity index (χ0n) is 8.79. The second kappa shape index (κ2) is 4.52. The molecule has 0 radical (unpaired) electrons. The molecule has 0 fully saturated rings. The van der Waals surface area contributed by atoms with E-state index in [-0.39, 0.29) is 11.3 Å². The van der Waals surface area contributed by atoms with Crippen molar-refractivity contribution in [2.75, 3.05) is 5.32 Å².